The van der Waals surface area contributed by atoms with E-state index in [1.165, 1.54) is 6.92 Å². The van der Waals surface area contributed by atoms with Crippen molar-refractivity contribution in [3.63, 3.8) is 0 Å². The first-order chi connectivity index (χ1) is 25.3. The highest BCUT2D eigenvalue weighted by Gasteiger charge is 2.54. The van der Waals surface area contributed by atoms with E-state index in [0.717, 1.165) is 0 Å². The highest BCUT2D eigenvalue weighted by atomic mass is 16.5. The first-order valence-electron chi connectivity index (χ1n) is 17.7. The van der Waals surface area contributed by atoms with Gasteiger partial charge in [0.25, 0.3) is 6.71 Å². The fourth-order valence-electron chi connectivity index (χ4n) is 10.3. The minimum Gasteiger partial charge on any atom is -0.507 e. The Bertz CT molecular complexity index is 2890. The van der Waals surface area contributed by atoms with Crippen LogP contribution in [0.2, 0.25) is 0 Å². The number of aromatic hydroxyl groups is 9. The second-order valence-electron chi connectivity index (χ2n) is 16.3. The van der Waals surface area contributed by atoms with Gasteiger partial charge in [-0.3, -0.25) is 0 Å². The largest absolute Gasteiger partial charge is 0.507 e. The molecule has 0 saturated heterocycles. The van der Waals surface area contributed by atoms with E-state index >= 15 is 0 Å². The lowest BCUT2D eigenvalue weighted by atomic mass is 9.32. The number of fused-ring (bicyclic) bond motifs is 5. The van der Waals surface area contributed by atoms with Crippen molar-refractivity contribution < 1.29 is 50.7 Å². The molecule has 54 heavy (non-hydrogen) atoms. The molecule has 9 N–H and O–H groups in total. The van der Waals surface area contributed by atoms with Gasteiger partial charge in [0.05, 0.1) is 28.0 Å². The van der Waals surface area contributed by atoms with E-state index in [-0.39, 0.29) is 72.6 Å². The van der Waals surface area contributed by atoms with Gasteiger partial charge in [-0.1, -0.05) is 20.8 Å². The summed E-state index contributed by atoms with van der Waals surface area (Å²) in [5.74, 6) is -3.77. The molecule has 0 bridgehead atoms. The zero-order chi connectivity index (χ0) is 38.8. The SMILES string of the molecule is Cc1c(O)c(C)c2c(c1O)Oc1c3c4c5c(c(C)c(O)c(O)c5c1O)-c1c(C)c(C(C)(C)C)c(O)c5c1N4c1c(c(O)c(O)c4c(C)c(C)c(O)c-5c14)B23. The first-order valence-corrected chi connectivity index (χ1v) is 17.7. The Morgan fingerprint density at radius 2 is 1.00 bits per heavy atom. The Morgan fingerprint density at radius 3 is 1.65 bits per heavy atom. The summed E-state index contributed by atoms with van der Waals surface area (Å²) in [4.78, 5) is 1.83. The molecular formula is C42H36BNO10. The summed E-state index contributed by atoms with van der Waals surface area (Å²) < 4.78 is 6.42. The van der Waals surface area contributed by atoms with Crippen LogP contribution in [0.5, 0.6) is 63.2 Å². The molecule has 0 amide bonds. The molecule has 272 valence electrons. The molecule has 0 atom stereocenters. The number of rotatable bonds is 0. The van der Waals surface area contributed by atoms with E-state index in [4.69, 9.17) is 4.74 Å². The highest BCUT2D eigenvalue weighted by molar-refractivity contribution is 7.01. The van der Waals surface area contributed by atoms with Crippen LogP contribution >= 0.6 is 0 Å². The normalized spacial score (nSPS) is 14.0. The van der Waals surface area contributed by atoms with Crippen molar-refractivity contribution >= 4 is 61.7 Å². The molecule has 0 aliphatic carbocycles. The van der Waals surface area contributed by atoms with E-state index in [1.807, 2.05) is 32.6 Å². The quantitative estimate of drug-likeness (QED) is 0.0586. The Labute approximate surface area is 308 Å². The number of phenols is 9. The molecule has 11 nitrogen and oxygen atoms in total. The molecule has 6 aromatic rings. The lowest BCUT2D eigenvalue weighted by Crippen LogP contribution is -2.61. The van der Waals surface area contributed by atoms with E-state index in [0.29, 0.717) is 72.3 Å². The number of hydrogen-bond donors (Lipinski definition) is 9. The average molecular weight is 726 g/mol. The molecular weight excluding hydrogens is 689 g/mol. The molecule has 0 saturated carbocycles. The Balaban J connectivity index is 1.61. The van der Waals surface area contributed by atoms with Gasteiger partial charge >= 0.3 is 0 Å². The number of phenolic OH excluding ortho intramolecular Hbond substituents is 9. The van der Waals surface area contributed by atoms with Crippen LogP contribution in [0.4, 0.5) is 17.1 Å². The van der Waals surface area contributed by atoms with Gasteiger partial charge in [0.15, 0.2) is 46.0 Å². The van der Waals surface area contributed by atoms with Gasteiger partial charge in [0, 0.05) is 60.5 Å². The van der Waals surface area contributed by atoms with Crippen LogP contribution in [-0.4, -0.2) is 52.7 Å². The number of anilines is 3. The van der Waals surface area contributed by atoms with Crippen LogP contribution in [-0.2, 0) is 5.41 Å². The van der Waals surface area contributed by atoms with Crippen molar-refractivity contribution in [3.05, 3.63) is 38.9 Å². The molecule has 0 spiro atoms. The summed E-state index contributed by atoms with van der Waals surface area (Å²) in [5, 5.41) is 109. The van der Waals surface area contributed by atoms with E-state index in [2.05, 4.69) is 0 Å². The third-order valence-electron chi connectivity index (χ3n) is 12.7. The fraction of sp³-hybridized carbons (Fsp3) is 0.238. The Kier molecular flexibility index (Phi) is 5.54. The van der Waals surface area contributed by atoms with E-state index < -0.39 is 46.6 Å². The second kappa shape index (κ2) is 9.25. The molecule has 10 rings (SSSR count). The molecule has 12 heteroatoms. The van der Waals surface area contributed by atoms with Gasteiger partial charge in [-0.05, 0) is 74.7 Å². The van der Waals surface area contributed by atoms with E-state index in [9.17, 15) is 46.0 Å². The van der Waals surface area contributed by atoms with Crippen molar-refractivity contribution in [2.75, 3.05) is 4.90 Å². The summed E-state index contributed by atoms with van der Waals surface area (Å²) >= 11 is 0. The molecule has 0 fully saturated rings. The predicted octanol–water partition coefficient (Wildman–Crippen LogP) is 6.86. The molecule has 4 aliphatic heterocycles. The summed E-state index contributed by atoms with van der Waals surface area (Å²) in [6, 6.07) is 0. The number of hydrogen-bond acceptors (Lipinski definition) is 11. The van der Waals surface area contributed by atoms with Gasteiger partial charge < -0.3 is 55.6 Å². The smallest absolute Gasteiger partial charge is 0.262 e. The second-order valence-corrected chi connectivity index (χ2v) is 16.3. The molecule has 4 heterocycles. The summed E-state index contributed by atoms with van der Waals surface area (Å²) in [6.07, 6.45) is 0. The Hall–Kier alpha value is -6.30. The molecule has 6 aromatic carbocycles. The zero-order valence-corrected chi connectivity index (χ0v) is 31.0. The van der Waals surface area contributed by atoms with Crippen molar-refractivity contribution in [3.8, 4) is 85.5 Å². The van der Waals surface area contributed by atoms with Crippen LogP contribution in [0.15, 0.2) is 0 Å². The van der Waals surface area contributed by atoms with Crippen LogP contribution in [0.1, 0.15) is 59.7 Å². The third-order valence-corrected chi connectivity index (χ3v) is 12.7. The van der Waals surface area contributed by atoms with Gasteiger partial charge in [0.1, 0.15) is 17.2 Å². The van der Waals surface area contributed by atoms with Crippen molar-refractivity contribution in [2.45, 2.75) is 67.7 Å². The maximum Gasteiger partial charge on any atom is 0.262 e. The first kappa shape index (κ1) is 32.4. The standard InChI is InChI=1S/C42H36BNO10/c1-10-11(2)32(46)21-20-18(10)36(50)39(53)26-29(20)44-28-17(12(3)24(42(7,8)9)35(49)22(21)28)16-13(4)33(47)37(51)23-19(16)30(44)27-41(38(23)52)54-40-25(43(26)27)14(5)31(45)15(6)34(40)48/h45-53H,1-9H3. The van der Waals surface area contributed by atoms with Crippen molar-refractivity contribution in [2.24, 2.45) is 0 Å². The Morgan fingerprint density at radius 1 is 0.407 bits per heavy atom. The van der Waals surface area contributed by atoms with Crippen LogP contribution < -0.4 is 26.0 Å². The van der Waals surface area contributed by atoms with Crippen molar-refractivity contribution in [1.82, 2.24) is 0 Å². The van der Waals surface area contributed by atoms with Crippen LogP contribution in [0, 0.1) is 41.5 Å². The van der Waals surface area contributed by atoms with Gasteiger partial charge in [-0.25, -0.2) is 0 Å². The summed E-state index contributed by atoms with van der Waals surface area (Å²) in [6.45, 7) is 14.8. The maximum atomic E-state index is 12.6. The maximum absolute atomic E-state index is 12.6. The highest BCUT2D eigenvalue weighted by Crippen LogP contribution is 2.70. The summed E-state index contributed by atoms with van der Waals surface area (Å²) in [5.41, 5.74) is 5.54. The summed E-state index contributed by atoms with van der Waals surface area (Å²) in [7, 11) is 0. The molecule has 0 radical (unpaired) electrons. The topological polar surface area (TPSA) is 195 Å². The van der Waals surface area contributed by atoms with Crippen LogP contribution in [0.3, 0.4) is 0 Å². The predicted molar refractivity (Wildman–Crippen MR) is 207 cm³/mol. The van der Waals surface area contributed by atoms with Gasteiger partial charge in [0.2, 0.25) is 0 Å². The molecule has 4 aliphatic rings. The number of benzene rings is 6. The van der Waals surface area contributed by atoms with Crippen molar-refractivity contribution in [1.29, 1.82) is 0 Å². The van der Waals surface area contributed by atoms with Crippen LogP contribution in [0.25, 0.3) is 43.8 Å². The molecule has 0 aromatic heterocycles. The minimum absolute atomic E-state index is 0.101. The van der Waals surface area contributed by atoms with E-state index in [1.54, 1.807) is 27.7 Å². The number of ether oxygens (including phenoxy) is 1. The van der Waals surface area contributed by atoms with Gasteiger partial charge in [-0.2, -0.15) is 0 Å². The van der Waals surface area contributed by atoms with Gasteiger partial charge in [-0.15, -0.1) is 0 Å². The third kappa shape index (κ3) is 3.10. The molecule has 0 unspecified atom stereocenters. The average Bonchev–Trinajstić information content (AvgIpc) is 3.11. The zero-order valence-electron chi connectivity index (χ0n) is 31.0. The minimum atomic E-state index is -1.11. The lowest BCUT2D eigenvalue weighted by Gasteiger charge is -2.48. The number of aryl methyl sites for hydroxylation is 1. The fourth-order valence-corrected chi connectivity index (χ4v) is 10.3. The monoisotopic (exact) mass is 725 g/mol. The number of nitrogens with zero attached hydrogens (tertiary/aromatic N) is 1. The lowest BCUT2D eigenvalue weighted by molar-refractivity contribution is 0.380.